The fourth-order valence-corrected chi connectivity index (χ4v) is 3.13. The summed E-state index contributed by atoms with van der Waals surface area (Å²) in [6.07, 6.45) is 16.3. The van der Waals surface area contributed by atoms with Crippen LogP contribution in [-0.4, -0.2) is 11.1 Å². The van der Waals surface area contributed by atoms with Crippen LogP contribution in [0.15, 0.2) is 18.2 Å². The second-order valence-electron chi connectivity index (χ2n) is 6.76. The van der Waals surface area contributed by atoms with Crippen LogP contribution in [0.4, 0.5) is 0 Å². The maximum atomic E-state index is 11.3. The van der Waals surface area contributed by atoms with Gasteiger partial charge in [0.1, 0.15) is 0 Å². The Morgan fingerprint density at radius 2 is 1.36 bits per heavy atom. The van der Waals surface area contributed by atoms with E-state index in [0.29, 0.717) is 0 Å². The summed E-state index contributed by atoms with van der Waals surface area (Å²) in [5, 5.41) is 20.4. The van der Waals surface area contributed by atoms with E-state index in [1.807, 2.05) is 0 Å². The molecule has 0 saturated carbocycles. The minimum atomic E-state index is -0.998. The Hall–Kier alpha value is -0.510. The summed E-state index contributed by atoms with van der Waals surface area (Å²) in [5.41, 5.74) is 0.958. The average Bonchev–Trinajstić information content (AvgIpc) is 2.56. The molecule has 0 amide bonds. The van der Waals surface area contributed by atoms with Crippen molar-refractivity contribution in [3.8, 4) is 5.75 Å². The largest absolute Gasteiger partial charge is 1.00 e. The number of carbonyl (C=O) groups is 1. The molecule has 0 aromatic heterocycles. The summed E-state index contributed by atoms with van der Waals surface area (Å²) in [6, 6.07) is 4.37. The summed E-state index contributed by atoms with van der Waals surface area (Å²) in [5.74, 6) is -1.23. The summed E-state index contributed by atoms with van der Waals surface area (Å²) >= 11 is 0. The fourth-order valence-electron chi connectivity index (χ4n) is 3.13. The number of rotatable bonds is 14. The molecule has 0 unspecified atom stereocenters. The molecule has 3 nitrogen and oxygen atoms in total. The first-order valence-electron chi connectivity index (χ1n) is 9.68. The third-order valence-electron chi connectivity index (χ3n) is 4.61. The van der Waals surface area contributed by atoms with Crippen LogP contribution >= 0.6 is 0 Å². The first kappa shape index (κ1) is 24.5. The van der Waals surface area contributed by atoms with Gasteiger partial charge in [-0.3, -0.25) is 0 Å². The van der Waals surface area contributed by atoms with E-state index in [1.54, 1.807) is 6.07 Å². The molecule has 1 aromatic rings. The van der Waals surface area contributed by atoms with Crippen LogP contribution in [0.2, 0.25) is 0 Å². The zero-order valence-corrected chi connectivity index (χ0v) is 18.2. The summed E-state index contributed by atoms with van der Waals surface area (Å²) in [7, 11) is 0. The number of benzene rings is 1. The Kier molecular flexibility index (Phi) is 15.4. The van der Waals surface area contributed by atoms with Crippen molar-refractivity contribution in [3.05, 3.63) is 29.3 Å². The van der Waals surface area contributed by atoms with Crippen LogP contribution in [0.3, 0.4) is 0 Å². The predicted molar refractivity (Wildman–Crippen MR) is 97.6 cm³/mol. The number of aromatic carboxylic acids is 1. The van der Waals surface area contributed by atoms with Crippen molar-refractivity contribution in [3.63, 3.8) is 0 Å². The SMILES string of the molecule is CCCCCCCCCCCCCCc1ccc([O-])cc1C(=O)O.[Na+]. The topological polar surface area (TPSA) is 60.4 Å². The molecule has 0 heterocycles. The number of unbranched alkanes of at least 4 members (excludes halogenated alkanes) is 11. The van der Waals surface area contributed by atoms with Crippen molar-refractivity contribution in [2.24, 2.45) is 0 Å². The molecule has 0 aliphatic carbocycles. The van der Waals surface area contributed by atoms with Crippen LogP contribution in [0, 0.1) is 0 Å². The predicted octanol–water partition coefficient (Wildman–Crippen LogP) is 2.71. The number of hydrogen-bond acceptors (Lipinski definition) is 2. The van der Waals surface area contributed by atoms with Gasteiger partial charge in [-0.2, -0.15) is 0 Å². The Balaban J connectivity index is 0.00000576. The van der Waals surface area contributed by atoms with E-state index in [0.717, 1.165) is 24.8 Å². The molecular formula is C21H33NaO3. The van der Waals surface area contributed by atoms with Crippen LogP contribution in [-0.2, 0) is 6.42 Å². The molecule has 0 aliphatic rings. The van der Waals surface area contributed by atoms with Crippen molar-refractivity contribution in [2.45, 2.75) is 90.4 Å². The third-order valence-corrected chi connectivity index (χ3v) is 4.61. The van der Waals surface area contributed by atoms with Gasteiger partial charge in [0, 0.05) is 0 Å². The summed E-state index contributed by atoms with van der Waals surface area (Å²) in [6.45, 7) is 2.25. The van der Waals surface area contributed by atoms with Gasteiger partial charge in [-0.15, -0.1) is 5.75 Å². The molecule has 0 fully saturated rings. The van der Waals surface area contributed by atoms with E-state index in [4.69, 9.17) is 5.11 Å². The van der Waals surface area contributed by atoms with Crippen LogP contribution in [0.25, 0.3) is 0 Å². The minimum absolute atomic E-state index is 0. The third kappa shape index (κ3) is 11.7. The van der Waals surface area contributed by atoms with E-state index < -0.39 is 5.97 Å². The zero-order valence-electron chi connectivity index (χ0n) is 16.2. The summed E-state index contributed by atoms with van der Waals surface area (Å²) < 4.78 is 0. The second-order valence-corrected chi connectivity index (χ2v) is 6.76. The monoisotopic (exact) mass is 356 g/mol. The molecule has 1 aromatic carbocycles. The minimum Gasteiger partial charge on any atom is -0.872 e. The molecule has 1 rings (SSSR count). The maximum absolute atomic E-state index is 11.3. The number of hydrogen-bond donors (Lipinski definition) is 1. The van der Waals surface area contributed by atoms with Crippen LogP contribution < -0.4 is 34.7 Å². The van der Waals surface area contributed by atoms with Gasteiger partial charge >= 0.3 is 35.5 Å². The van der Waals surface area contributed by atoms with Gasteiger partial charge in [0.2, 0.25) is 0 Å². The second kappa shape index (κ2) is 15.7. The molecule has 1 N–H and O–H groups in total. The normalized spacial score (nSPS) is 10.4. The smallest absolute Gasteiger partial charge is 0.872 e. The van der Waals surface area contributed by atoms with Gasteiger partial charge in [0.05, 0.1) is 5.56 Å². The molecule has 0 saturated heterocycles. The molecular weight excluding hydrogens is 323 g/mol. The number of carboxylic acids is 1. The van der Waals surface area contributed by atoms with Crippen molar-refractivity contribution >= 4 is 5.97 Å². The number of carboxylic acid groups (broad SMARTS) is 1. The van der Waals surface area contributed by atoms with E-state index in [-0.39, 0.29) is 40.9 Å². The standard InChI is InChI=1S/C21H34O3.Na/c1-2-3-4-5-6-7-8-9-10-11-12-13-14-18-15-16-19(22)17-20(18)21(23)24;/h15-17,22H,2-14H2,1H3,(H,23,24);/q;+1/p-1. The van der Waals surface area contributed by atoms with Gasteiger partial charge in [-0.1, -0.05) is 95.8 Å². The Labute approximate surface area is 175 Å². The maximum Gasteiger partial charge on any atom is 1.00 e. The first-order valence-corrected chi connectivity index (χ1v) is 9.68. The van der Waals surface area contributed by atoms with Gasteiger partial charge in [-0.25, -0.2) is 4.79 Å². The Morgan fingerprint density at radius 3 is 1.84 bits per heavy atom. The molecule has 136 valence electrons. The number of aryl methyl sites for hydroxylation is 1. The van der Waals surface area contributed by atoms with E-state index in [1.165, 1.54) is 76.3 Å². The van der Waals surface area contributed by atoms with E-state index in [9.17, 15) is 9.90 Å². The fraction of sp³-hybridized carbons (Fsp3) is 0.667. The van der Waals surface area contributed by atoms with Crippen molar-refractivity contribution in [2.75, 3.05) is 0 Å². The van der Waals surface area contributed by atoms with Gasteiger partial charge in [0.15, 0.2) is 0 Å². The average molecular weight is 356 g/mol. The molecule has 4 heteroatoms. The van der Waals surface area contributed by atoms with E-state index >= 15 is 0 Å². The quantitative estimate of drug-likeness (QED) is 0.412. The molecule has 0 bridgehead atoms. The molecule has 0 spiro atoms. The molecule has 0 atom stereocenters. The van der Waals surface area contributed by atoms with Gasteiger partial charge in [0.25, 0.3) is 0 Å². The van der Waals surface area contributed by atoms with Crippen LogP contribution in [0.5, 0.6) is 5.75 Å². The molecule has 0 aliphatic heterocycles. The molecule has 25 heavy (non-hydrogen) atoms. The van der Waals surface area contributed by atoms with Gasteiger partial charge in [-0.05, 0) is 18.4 Å². The van der Waals surface area contributed by atoms with Crippen molar-refractivity contribution in [1.82, 2.24) is 0 Å². The Morgan fingerprint density at radius 1 is 0.880 bits per heavy atom. The summed E-state index contributed by atoms with van der Waals surface area (Å²) in [4.78, 5) is 11.2. The molecule has 0 radical (unpaired) electrons. The first-order chi connectivity index (χ1) is 11.6. The van der Waals surface area contributed by atoms with Crippen molar-refractivity contribution < 1.29 is 44.6 Å². The van der Waals surface area contributed by atoms with Gasteiger partial charge < -0.3 is 10.2 Å². The Bertz CT molecular complexity index is 474. The van der Waals surface area contributed by atoms with Crippen molar-refractivity contribution in [1.29, 1.82) is 0 Å². The van der Waals surface area contributed by atoms with E-state index in [2.05, 4.69) is 6.92 Å². The zero-order chi connectivity index (χ0) is 17.6. The van der Waals surface area contributed by atoms with Crippen LogP contribution in [0.1, 0.15) is 99.9 Å².